The first-order chi connectivity index (χ1) is 13.8. The molecule has 1 aliphatic heterocycles. The van der Waals surface area contributed by atoms with Gasteiger partial charge in [-0.05, 0) is 55.8 Å². The fourth-order valence-electron chi connectivity index (χ4n) is 3.56. The number of aromatic nitrogens is 1. The van der Waals surface area contributed by atoms with E-state index in [4.69, 9.17) is 4.42 Å². The summed E-state index contributed by atoms with van der Waals surface area (Å²) >= 11 is 0. The van der Waals surface area contributed by atoms with Crippen LogP contribution in [0.5, 0.6) is 0 Å². The second-order valence-electron chi connectivity index (χ2n) is 7.05. The van der Waals surface area contributed by atoms with Gasteiger partial charge in [-0.1, -0.05) is 6.92 Å². The quantitative estimate of drug-likeness (QED) is 0.452. The van der Waals surface area contributed by atoms with Crippen molar-refractivity contribution in [2.24, 2.45) is 4.99 Å². The molecule has 0 radical (unpaired) electrons. The van der Waals surface area contributed by atoms with E-state index in [1.165, 1.54) is 19.4 Å². The zero-order chi connectivity index (χ0) is 19.6. The van der Waals surface area contributed by atoms with Crippen LogP contribution in [0.15, 0.2) is 52.3 Å². The number of likely N-dealkylation sites (N-methyl/N-ethyl adjacent to an activating group) is 1. The molecule has 3 heterocycles. The molecule has 2 aromatic heterocycles. The van der Waals surface area contributed by atoms with Gasteiger partial charge in [-0.2, -0.15) is 0 Å². The molecule has 2 unspecified atom stereocenters. The van der Waals surface area contributed by atoms with Crippen molar-refractivity contribution in [1.29, 1.82) is 0 Å². The Labute approximate surface area is 166 Å². The SMILES string of the molecule is CCN1CCCC1CNC(=NCC(O)c1ccncc1)NCCc1ccco1. The molecule has 1 saturated heterocycles. The minimum Gasteiger partial charge on any atom is -0.469 e. The number of rotatable bonds is 9. The van der Waals surface area contributed by atoms with Gasteiger partial charge < -0.3 is 20.2 Å². The summed E-state index contributed by atoms with van der Waals surface area (Å²) in [5, 5.41) is 17.2. The molecule has 2 atom stereocenters. The summed E-state index contributed by atoms with van der Waals surface area (Å²) < 4.78 is 5.39. The number of aliphatic hydroxyl groups is 1. The fraction of sp³-hybridized carbons (Fsp3) is 0.524. The molecule has 0 aliphatic carbocycles. The lowest BCUT2D eigenvalue weighted by atomic mass is 10.1. The van der Waals surface area contributed by atoms with Crippen LogP contribution in [-0.2, 0) is 6.42 Å². The number of hydrogen-bond donors (Lipinski definition) is 3. The second kappa shape index (κ2) is 10.8. The molecule has 0 saturated carbocycles. The summed E-state index contributed by atoms with van der Waals surface area (Å²) in [6.45, 7) is 6.31. The lowest BCUT2D eigenvalue weighted by Crippen LogP contribution is -2.45. The van der Waals surface area contributed by atoms with Crippen LogP contribution in [0, 0.1) is 0 Å². The monoisotopic (exact) mass is 385 g/mol. The van der Waals surface area contributed by atoms with E-state index in [1.807, 2.05) is 24.3 Å². The number of aliphatic hydroxyl groups excluding tert-OH is 1. The highest BCUT2D eigenvalue weighted by molar-refractivity contribution is 5.79. The van der Waals surface area contributed by atoms with Crippen LogP contribution in [0.4, 0.5) is 0 Å². The maximum absolute atomic E-state index is 10.4. The average molecular weight is 386 g/mol. The zero-order valence-corrected chi connectivity index (χ0v) is 16.6. The summed E-state index contributed by atoms with van der Waals surface area (Å²) in [6, 6.07) is 8.03. The van der Waals surface area contributed by atoms with Gasteiger partial charge in [0.05, 0.1) is 18.9 Å². The standard InChI is InChI=1S/C21H31N5O2/c1-2-26-13-3-5-18(26)15-24-21(23-12-9-19-6-4-14-28-19)25-16-20(27)17-7-10-22-11-8-17/h4,6-8,10-11,14,18,20,27H,2-3,5,9,12-13,15-16H2,1H3,(H2,23,24,25). The van der Waals surface area contributed by atoms with E-state index < -0.39 is 6.10 Å². The number of guanidine groups is 1. The molecular weight excluding hydrogens is 354 g/mol. The Morgan fingerprint density at radius 2 is 2.21 bits per heavy atom. The third kappa shape index (κ3) is 6.07. The molecule has 0 aromatic carbocycles. The first kappa shape index (κ1) is 20.4. The summed E-state index contributed by atoms with van der Waals surface area (Å²) in [7, 11) is 0. The van der Waals surface area contributed by atoms with Crippen LogP contribution in [0.3, 0.4) is 0 Å². The number of nitrogens with one attached hydrogen (secondary N) is 2. The minimum absolute atomic E-state index is 0.294. The predicted molar refractivity (Wildman–Crippen MR) is 110 cm³/mol. The van der Waals surface area contributed by atoms with Crippen molar-refractivity contribution < 1.29 is 9.52 Å². The van der Waals surface area contributed by atoms with Gasteiger partial charge in [-0.3, -0.25) is 14.9 Å². The van der Waals surface area contributed by atoms with Crippen LogP contribution >= 0.6 is 0 Å². The lowest BCUT2D eigenvalue weighted by Gasteiger charge is -2.24. The highest BCUT2D eigenvalue weighted by atomic mass is 16.3. The first-order valence-corrected chi connectivity index (χ1v) is 10.1. The Kier molecular flexibility index (Phi) is 7.87. The van der Waals surface area contributed by atoms with Crippen LogP contribution in [0.2, 0.25) is 0 Å². The molecule has 7 heteroatoms. The third-order valence-electron chi connectivity index (χ3n) is 5.17. The minimum atomic E-state index is -0.648. The molecule has 2 aromatic rings. The normalized spacial score (nSPS) is 18.9. The summed E-state index contributed by atoms with van der Waals surface area (Å²) in [4.78, 5) is 11.1. The summed E-state index contributed by atoms with van der Waals surface area (Å²) in [5.74, 6) is 1.67. The number of likely N-dealkylation sites (tertiary alicyclic amines) is 1. The molecule has 3 N–H and O–H groups in total. The van der Waals surface area contributed by atoms with Crippen LogP contribution in [0.1, 0.15) is 37.2 Å². The van der Waals surface area contributed by atoms with Crippen molar-refractivity contribution in [3.8, 4) is 0 Å². The molecular formula is C21H31N5O2. The maximum Gasteiger partial charge on any atom is 0.191 e. The number of hydrogen-bond acceptors (Lipinski definition) is 5. The van der Waals surface area contributed by atoms with Gasteiger partial charge in [0.15, 0.2) is 5.96 Å². The van der Waals surface area contributed by atoms with Gasteiger partial charge in [0.2, 0.25) is 0 Å². The number of furan rings is 1. The molecule has 0 spiro atoms. The van der Waals surface area contributed by atoms with Crippen molar-refractivity contribution in [1.82, 2.24) is 20.5 Å². The van der Waals surface area contributed by atoms with E-state index in [-0.39, 0.29) is 0 Å². The molecule has 0 bridgehead atoms. The van der Waals surface area contributed by atoms with Crippen molar-refractivity contribution >= 4 is 5.96 Å². The molecule has 28 heavy (non-hydrogen) atoms. The predicted octanol–water partition coefficient (Wildman–Crippen LogP) is 1.97. The zero-order valence-electron chi connectivity index (χ0n) is 16.6. The molecule has 1 fully saturated rings. The number of aliphatic imine (C=N–C) groups is 1. The molecule has 1 aliphatic rings. The summed E-state index contributed by atoms with van der Waals surface area (Å²) in [5.41, 5.74) is 0.821. The van der Waals surface area contributed by atoms with E-state index >= 15 is 0 Å². The highest BCUT2D eigenvalue weighted by Gasteiger charge is 2.22. The van der Waals surface area contributed by atoms with Crippen molar-refractivity contribution in [2.45, 2.75) is 38.3 Å². The smallest absolute Gasteiger partial charge is 0.191 e. The van der Waals surface area contributed by atoms with E-state index in [2.05, 4.69) is 32.4 Å². The average Bonchev–Trinajstić information content (AvgIpc) is 3.41. The van der Waals surface area contributed by atoms with Crippen molar-refractivity contribution in [3.63, 3.8) is 0 Å². The van der Waals surface area contributed by atoms with Crippen molar-refractivity contribution in [2.75, 3.05) is 32.7 Å². The van der Waals surface area contributed by atoms with Crippen molar-refractivity contribution in [3.05, 3.63) is 54.2 Å². The Hall–Kier alpha value is -2.38. The fourth-order valence-corrected chi connectivity index (χ4v) is 3.56. The van der Waals surface area contributed by atoms with Gasteiger partial charge in [-0.25, -0.2) is 0 Å². The number of nitrogens with zero attached hydrogens (tertiary/aromatic N) is 3. The van der Waals surface area contributed by atoms with Crippen LogP contribution in [-0.4, -0.2) is 59.7 Å². The topological polar surface area (TPSA) is 85.9 Å². The van der Waals surface area contributed by atoms with Gasteiger partial charge in [-0.15, -0.1) is 0 Å². The van der Waals surface area contributed by atoms with E-state index in [9.17, 15) is 5.11 Å². The molecule has 152 valence electrons. The molecule has 7 nitrogen and oxygen atoms in total. The number of pyridine rings is 1. The summed E-state index contributed by atoms with van der Waals surface area (Å²) in [6.07, 6.45) is 7.65. The Morgan fingerprint density at radius 3 is 2.96 bits per heavy atom. The Morgan fingerprint density at radius 1 is 1.36 bits per heavy atom. The van der Waals surface area contributed by atoms with Gasteiger partial charge >= 0.3 is 0 Å². The molecule has 3 rings (SSSR count). The van der Waals surface area contributed by atoms with Gasteiger partial charge in [0.1, 0.15) is 5.76 Å². The van der Waals surface area contributed by atoms with Crippen LogP contribution < -0.4 is 10.6 Å². The first-order valence-electron chi connectivity index (χ1n) is 10.1. The van der Waals surface area contributed by atoms with E-state index in [0.717, 1.165) is 36.8 Å². The lowest BCUT2D eigenvalue weighted by molar-refractivity contribution is 0.187. The largest absolute Gasteiger partial charge is 0.469 e. The highest BCUT2D eigenvalue weighted by Crippen LogP contribution is 2.15. The van der Waals surface area contributed by atoms with Gasteiger partial charge in [0, 0.05) is 37.9 Å². The molecule has 0 amide bonds. The second-order valence-corrected chi connectivity index (χ2v) is 7.05. The van der Waals surface area contributed by atoms with E-state index in [1.54, 1.807) is 18.7 Å². The van der Waals surface area contributed by atoms with Gasteiger partial charge in [0.25, 0.3) is 0 Å². The van der Waals surface area contributed by atoms with E-state index in [0.29, 0.717) is 19.1 Å². The van der Waals surface area contributed by atoms with Crippen LogP contribution in [0.25, 0.3) is 0 Å². The Bertz CT molecular complexity index is 705. The third-order valence-corrected chi connectivity index (χ3v) is 5.17. The Balaban J connectivity index is 1.55. The maximum atomic E-state index is 10.4.